The van der Waals surface area contributed by atoms with Crippen molar-refractivity contribution in [1.29, 1.82) is 0 Å². The second-order valence-corrected chi connectivity index (χ2v) is 6.20. The van der Waals surface area contributed by atoms with E-state index in [-0.39, 0.29) is 18.1 Å². The number of fused-ring (bicyclic) bond motifs is 1. The van der Waals surface area contributed by atoms with Gasteiger partial charge in [0.15, 0.2) is 11.5 Å². The molecule has 1 saturated carbocycles. The highest BCUT2D eigenvalue weighted by Crippen LogP contribution is 2.30. The van der Waals surface area contributed by atoms with Crippen molar-refractivity contribution in [3.63, 3.8) is 0 Å². The van der Waals surface area contributed by atoms with E-state index >= 15 is 0 Å². The van der Waals surface area contributed by atoms with Gasteiger partial charge in [-0.3, -0.25) is 4.79 Å². The minimum absolute atomic E-state index is 0.0452. The van der Waals surface area contributed by atoms with Crippen LogP contribution >= 0.6 is 0 Å². The third-order valence-electron chi connectivity index (χ3n) is 4.78. The molecule has 0 bridgehead atoms. The normalized spacial score (nSPS) is 24.3. The highest BCUT2D eigenvalue weighted by atomic mass is 16.5. The Hall–Kier alpha value is -2.14. The Labute approximate surface area is 135 Å². The van der Waals surface area contributed by atoms with Crippen molar-refractivity contribution in [3.8, 4) is 11.3 Å². The molecule has 2 fully saturated rings. The Morgan fingerprint density at radius 1 is 1.17 bits per heavy atom. The van der Waals surface area contributed by atoms with Gasteiger partial charge in [0.1, 0.15) is 0 Å². The molecular formula is C18H20N2O3. The van der Waals surface area contributed by atoms with Gasteiger partial charge in [-0.25, -0.2) is 0 Å². The highest BCUT2D eigenvalue weighted by Gasteiger charge is 2.37. The molecule has 1 aliphatic carbocycles. The first-order valence-electron chi connectivity index (χ1n) is 8.27. The van der Waals surface area contributed by atoms with Crippen molar-refractivity contribution in [3.05, 3.63) is 42.1 Å². The van der Waals surface area contributed by atoms with Gasteiger partial charge in [0, 0.05) is 18.2 Å². The number of rotatable bonds is 2. The molecule has 0 unspecified atom stereocenters. The molecule has 1 saturated heterocycles. The summed E-state index contributed by atoms with van der Waals surface area (Å²) in [4.78, 5) is 14.8. The maximum absolute atomic E-state index is 12.8. The molecule has 1 aromatic heterocycles. The average molecular weight is 312 g/mol. The zero-order valence-corrected chi connectivity index (χ0v) is 13.0. The lowest BCUT2D eigenvalue weighted by Gasteiger charge is -2.43. The molecule has 4 rings (SSSR count). The monoisotopic (exact) mass is 312 g/mol. The molecule has 1 amide bonds. The summed E-state index contributed by atoms with van der Waals surface area (Å²) in [5.74, 6) is 0.582. The summed E-state index contributed by atoms with van der Waals surface area (Å²) < 4.78 is 11.2. The maximum atomic E-state index is 12.8. The third-order valence-corrected chi connectivity index (χ3v) is 4.78. The van der Waals surface area contributed by atoms with Crippen LogP contribution in [-0.2, 0) is 4.74 Å². The van der Waals surface area contributed by atoms with Gasteiger partial charge < -0.3 is 14.2 Å². The van der Waals surface area contributed by atoms with Crippen LogP contribution in [0.4, 0.5) is 0 Å². The SMILES string of the molecule is O=C(c1cc(-c2ccccc2)on1)N1CCO[C@H]2CCCC[C@@H]21. The second kappa shape index (κ2) is 6.16. The predicted molar refractivity (Wildman–Crippen MR) is 85.0 cm³/mol. The quantitative estimate of drug-likeness (QED) is 0.855. The molecule has 2 aromatic rings. The number of morpholine rings is 1. The van der Waals surface area contributed by atoms with E-state index in [0.29, 0.717) is 24.6 Å². The van der Waals surface area contributed by atoms with E-state index in [1.54, 1.807) is 6.07 Å². The van der Waals surface area contributed by atoms with Gasteiger partial charge in [-0.05, 0) is 12.8 Å². The van der Waals surface area contributed by atoms with Crippen LogP contribution in [0.5, 0.6) is 0 Å². The number of nitrogens with zero attached hydrogens (tertiary/aromatic N) is 2. The molecule has 120 valence electrons. The van der Waals surface area contributed by atoms with Crippen molar-refractivity contribution < 1.29 is 14.1 Å². The van der Waals surface area contributed by atoms with Crippen LogP contribution in [0.2, 0.25) is 0 Å². The Kier molecular flexibility index (Phi) is 3.87. The Balaban J connectivity index is 1.56. The largest absolute Gasteiger partial charge is 0.374 e. The first kappa shape index (κ1) is 14.5. The summed E-state index contributed by atoms with van der Waals surface area (Å²) >= 11 is 0. The zero-order valence-electron chi connectivity index (χ0n) is 13.0. The van der Waals surface area contributed by atoms with Gasteiger partial charge in [-0.1, -0.05) is 48.3 Å². The van der Waals surface area contributed by atoms with Gasteiger partial charge in [0.25, 0.3) is 5.91 Å². The van der Waals surface area contributed by atoms with E-state index in [1.807, 2.05) is 35.2 Å². The molecule has 0 radical (unpaired) electrons. The molecule has 5 heteroatoms. The fourth-order valence-corrected chi connectivity index (χ4v) is 3.61. The first-order chi connectivity index (χ1) is 11.3. The van der Waals surface area contributed by atoms with Crippen molar-refractivity contribution >= 4 is 5.91 Å². The van der Waals surface area contributed by atoms with E-state index in [9.17, 15) is 4.79 Å². The van der Waals surface area contributed by atoms with Crippen LogP contribution in [0.25, 0.3) is 11.3 Å². The smallest absolute Gasteiger partial charge is 0.276 e. The van der Waals surface area contributed by atoms with E-state index in [0.717, 1.165) is 24.8 Å². The summed E-state index contributed by atoms with van der Waals surface area (Å²) in [6.07, 6.45) is 4.58. The summed E-state index contributed by atoms with van der Waals surface area (Å²) in [6, 6.07) is 11.6. The number of carbonyl (C=O) groups is 1. The van der Waals surface area contributed by atoms with Crippen LogP contribution in [0.3, 0.4) is 0 Å². The summed E-state index contributed by atoms with van der Waals surface area (Å²) in [5.41, 5.74) is 1.31. The van der Waals surface area contributed by atoms with Crippen LogP contribution < -0.4 is 0 Å². The summed E-state index contributed by atoms with van der Waals surface area (Å²) in [7, 11) is 0. The minimum Gasteiger partial charge on any atom is -0.374 e. The van der Waals surface area contributed by atoms with E-state index in [4.69, 9.17) is 9.26 Å². The van der Waals surface area contributed by atoms with Crippen LogP contribution in [0.1, 0.15) is 36.2 Å². The lowest BCUT2D eigenvalue weighted by Crippen LogP contribution is -2.54. The first-order valence-corrected chi connectivity index (χ1v) is 8.27. The standard InChI is InChI=1S/C18H20N2O3/c21-18(20-10-11-22-16-9-5-4-8-15(16)20)14-12-17(23-19-14)13-6-2-1-3-7-13/h1-3,6-7,12,15-16H,4-5,8-11H2/t15-,16-/m0/s1. The molecule has 0 N–H and O–H groups in total. The van der Waals surface area contributed by atoms with E-state index < -0.39 is 0 Å². The number of amides is 1. The predicted octanol–water partition coefficient (Wildman–Crippen LogP) is 3.13. The van der Waals surface area contributed by atoms with Crippen molar-refractivity contribution in [2.24, 2.45) is 0 Å². The fourth-order valence-electron chi connectivity index (χ4n) is 3.61. The number of aromatic nitrogens is 1. The molecule has 5 nitrogen and oxygen atoms in total. The molecule has 2 aliphatic rings. The van der Waals surface area contributed by atoms with E-state index in [2.05, 4.69) is 5.16 Å². The zero-order chi connectivity index (χ0) is 15.6. The number of ether oxygens (including phenoxy) is 1. The molecule has 2 heterocycles. The van der Waals surface area contributed by atoms with Crippen molar-refractivity contribution in [2.45, 2.75) is 37.8 Å². The Bertz CT molecular complexity index is 681. The number of hydrogen-bond acceptors (Lipinski definition) is 4. The number of carbonyl (C=O) groups excluding carboxylic acids is 1. The summed E-state index contributed by atoms with van der Waals surface area (Å²) in [6.45, 7) is 1.24. The molecule has 2 atom stereocenters. The van der Waals surface area contributed by atoms with E-state index in [1.165, 1.54) is 6.42 Å². The van der Waals surface area contributed by atoms with Crippen LogP contribution in [0, 0.1) is 0 Å². The van der Waals surface area contributed by atoms with Crippen LogP contribution in [-0.4, -0.2) is 41.3 Å². The maximum Gasteiger partial charge on any atom is 0.276 e. The molecule has 23 heavy (non-hydrogen) atoms. The lowest BCUT2D eigenvalue weighted by atomic mass is 9.90. The number of benzene rings is 1. The van der Waals surface area contributed by atoms with Crippen LogP contribution in [0.15, 0.2) is 40.9 Å². The van der Waals surface area contributed by atoms with Gasteiger partial charge >= 0.3 is 0 Å². The molecule has 0 spiro atoms. The minimum atomic E-state index is -0.0452. The van der Waals surface area contributed by atoms with Crippen molar-refractivity contribution in [2.75, 3.05) is 13.2 Å². The highest BCUT2D eigenvalue weighted by molar-refractivity contribution is 5.93. The fraction of sp³-hybridized carbons (Fsp3) is 0.444. The average Bonchev–Trinajstić information content (AvgIpc) is 3.11. The topological polar surface area (TPSA) is 55.6 Å². The van der Waals surface area contributed by atoms with Gasteiger partial charge in [0.05, 0.1) is 18.8 Å². The van der Waals surface area contributed by atoms with Crippen molar-refractivity contribution in [1.82, 2.24) is 10.1 Å². The lowest BCUT2D eigenvalue weighted by molar-refractivity contribution is -0.0755. The Morgan fingerprint density at radius 2 is 2.00 bits per heavy atom. The molecular weight excluding hydrogens is 292 g/mol. The Morgan fingerprint density at radius 3 is 2.87 bits per heavy atom. The molecule has 1 aromatic carbocycles. The molecule has 1 aliphatic heterocycles. The van der Waals surface area contributed by atoms with Gasteiger partial charge in [-0.15, -0.1) is 0 Å². The van der Waals surface area contributed by atoms with Gasteiger partial charge in [-0.2, -0.15) is 0 Å². The van der Waals surface area contributed by atoms with Gasteiger partial charge in [0.2, 0.25) is 0 Å². The second-order valence-electron chi connectivity index (χ2n) is 6.20. The summed E-state index contributed by atoms with van der Waals surface area (Å²) in [5, 5.41) is 4.00. The third kappa shape index (κ3) is 2.77. The number of hydrogen-bond donors (Lipinski definition) is 0.